The van der Waals surface area contributed by atoms with Crippen molar-refractivity contribution in [2.75, 3.05) is 10.6 Å². The second-order valence-corrected chi connectivity index (χ2v) is 10.9. The van der Waals surface area contributed by atoms with Gasteiger partial charge >= 0.3 is 0 Å². The molecule has 214 valence electrons. The second kappa shape index (κ2) is 14.1. The van der Waals surface area contributed by atoms with Crippen molar-refractivity contribution in [2.24, 2.45) is 0 Å². The third-order valence-electron chi connectivity index (χ3n) is 6.63. The van der Waals surface area contributed by atoms with Crippen LogP contribution >= 0.6 is 11.8 Å². The van der Waals surface area contributed by atoms with Gasteiger partial charge in [-0.3, -0.25) is 19.4 Å². The van der Waals surface area contributed by atoms with E-state index in [-0.39, 0.29) is 16.9 Å². The fourth-order valence-corrected chi connectivity index (χ4v) is 5.48. The van der Waals surface area contributed by atoms with Crippen LogP contribution in [-0.2, 0) is 9.59 Å². The molecule has 1 heterocycles. The molecule has 0 aliphatic heterocycles. The van der Waals surface area contributed by atoms with Gasteiger partial charge in [0.15, 0.2) is 0 Å². The molecule has 8 heteroatoms. The van der Waals surface area contributed by atoms with Crippen LogP contribution in [0.15, 0.2) is 132 Å². The molecular weight excluding hydrogens is 556 g/mol. The van der Waals surface area contributed by atoms with E-state index in [9.17, 15) is 14.4 Å². The number of rotatable bonds is 10. The van der Waals surface area contributed by atoms with Crippen molar-refractivity contribution < 1.29 is 14.4 Å². The number of aromatic nitrogens is 1. The number of amides is 3. The summed E-state index contributed by atoms with van der Waals surface area (Å²) in [5.41, 5.74) is 2.56. The Bertz CT molecular complexity index is 1770. The van der Waals surface area contributed by atoms with E-state index in [1.165, 1.54) is 11.8 Å². The molecule has 0 spiro atoms. The Kier molecular flexibility index (Phi) is 9.61. The Morgan fingerprint density at radius 3 is 2.30 bits per heavy atom. The predicted molar refractivity (Wildman–Crippen MR) is 174 cm³/mol. The van der Waals surface area contributed by atoms with Crippen LogP contribution in [-0.4, -0.2) is 28.0 Å². The van der Waals surface area contributed by atoms with Crippen molar-refractivity contribution in [3.8, 4) is 0 Å². The molecule has 0 fully saturated rings. The molecule has 1 unspecified atom stereocenters. The quantitative estimate of drug-likeness (QED) is 0.119. The minimum Gasteiger partial charge on any atom is -0.325 e. The first-order valence-electron chi connectivity index (χ1n) is 13.8. The largest absolute Gasteiger partial charge is 0.325 e. The molecule has 0 bridgehead atoms. The number of hydrogen-bond donors (Lipinski definition) is 3. The summed E-state index contributed by atoms with van der Waals surface area (Å²) in [6, 6.07) is 33.2. The van der Waals surface area contributed by atoms with E-state index in [0.29, 0.717) is 23.4 Å². The Labute approximate surface area is 254 Å². The van der Waals surface area contributed by atoms with Gasteiger partial charge in [-0.1, -0.05) is 73.7 Å². The van der Waals surface area contributed by atoms with Crippen molar-refractivity contribution in [1.29, 1.82) is 0 Å². The topological polar surface area (TPSA) is 100 Å². The second-order valence-electron chi connectivity index (χ2n) is 9.67. The lowest BCUT2D eigenvalue weighted by molar-refractivity contribution is -0.116. The van der Waals surface area contributed by atoms with E-state index < -0.39 is 11.8 Å². The number of fused-ring (bicyclic) bond motifs is 1. The SMILES string of the molecule is CCC(Sc1cccc(NC(=O)/C(=C\c2cccc3ccccc23)NC(=O)c2ccccc2)c1)C(=O)Nc1ccncc1. The summed E-state index contributed by atoms with van der Waals surface area (Å²) in [7, 11) is 0. The molecule has 5 rings (SSSR count). The Morgan fingerprint density at radius 2 is 1.51 bits per heavy atom. The molecule has 1 atom stereocenters. The fourth-order valence-electron chi connectivity index (χ4n) is 4.46. The van der Waals surface area contributed by atoms with Gasteiger partial charge in [-0.25, -0.2) is 0 Å². The molecular formula is C35H30N4O3S. The zero-order chi connectivity index (χ0) is 30.0. The maximum absolute atomic E-state index is 13.7. The number of benzene rings is 4. The molecule has 3 amide bonds. The molecule has 0 aliphatic carbocycles. The van der Waals surface area contributed by atoms with Crippen LogP contribution < -0.4 is 16.0 Å². The molecule has 3 N–H and O–H groups in total. The van der Waals surface area contributed by atoms with Gasteiger partial charge in [-0.2, -0.15) is 0 Å². The van der Waals surface area contributed by atoms with Crippen LogP contribution in [0.1, 0.15) is 29.3 Å². The number of thioether (sulfide) groups is 1. The Balaban J connectivity index is 1.37. The lowest BCUT2D eigenvalue weighted by atomic mass is 10.0. The third-order valence-corrected chi connectivity index (χ3v) is 7.99. The number of carbonyl (C=O) groups is 3. The van der Waals surface area contributed by atoms with Crippen LogP contribution in [0.4, 0.5) is 11.4 Å². The fraction of sp³-hybridized carbons (Fsp3) is 0.0857. The van der Waals surface area contributed by atoms with E-state index in [2.05, 4.69) is 20.9 Å². The Morgan fingerprint density at radius 1 is 0.791 bits per heavy atom. The molecule has 0 saturated heterocycles. The molecule has 0 radical (unpaired) electrons. The van der Waals surface area contributed by atoms with Crippen LogP contribution in [0.25, 0.3) is 16.8 Å². The molecule has 5 aromatic rings. The van der Waals surface area contributed by atoms with Gasteiger partial charge in [-0.15, -0.1) is 11.8 Å². The number of nitrogens with one attached hydrogen (secondary N) is 3. The van der Waals surface area contributed by atoms with Crippen LogP contribution in [0.3, 0.4) is 0 Å². The number of carbonyl (C=O) groups excluding carboxylic acids is 3. The first-order chi connectivity index (χ1) is 21.0. The van der Waals surface area contributed by atoms with Gasteiger partial charge in [0.2, 0.25) is 5.91 Å². The first-order valence-corrected chi connectivity index (χ1v) is 14.7. The Hall–Kier alpha value is -5.21. The normalized spacial score (nSPS) is 11.9. The highest BCUT2D eigenvalue weighted by atomic mass is 32.2. The van der Waals surface area contributed by atoms with Crippen molar-refractivity contribution in [3.05, 3.63) is 138 Å². The van der Waals surface area contributed by atoms with E-state index >= 15 is 0 Å². The highest BCUT2D eigenvalue weighted by Crippen LogP contribution is 2.29. The maximum atomic E-state index is 13.7. The summed E-state index contributed by atoms with van der Waals surface area (Å²) < 4.78 is 0. The zero-order valence-electron chi connectivity index (χ0n) is 23.5. The summed E-state index contributed by atoms with van der Waals surface area (Å²) >= 11 is 1.41. The molecule has 0 saturated carbocycles. The predicted octanol–water partition coefficient (Wildman–Crippen LogP) is 7.15. The van der Waals surface area contributed by atoms with Crippen LogP contribution in [0.5, 0.6) is 0 Å². The monoisotopic (exact) mass is 586 g/mol. The molecule has 43 heavy (non-hydrogen) atoms. The number of pyridine rings is 1. The maximum Gasteiger partial charge on any atom is 0.272 e. The number of hydrogen-bond acceptors (Lipinski definition) is 5. The minimum absolute atomic E-state index is 0.103. The summed E-state index contributed by atoms with van der Waals surface area (Å²) in [5.74, 6) is -0.976. The standard InChI is InChI=1S/C35H30N4O3S/c1-2-32(35(42)37-27-18-20-36-21-19-27)43-29-16-9-15-28(23-29)38-34(41)31(39-33(40)25-11-4-3-5-12-25)22-26-14-8-13-24-10-6-7-17-30(24)26/h3-23,32H,2H2,1H3,(H,38,41)(H,39,40)(H,36,37,42)/b31-22+. The minimum atomic E-state index is -0.471. The molecule has 1 aromatic heterocycles. The molecule has 4 aromatic carbocycles. The van der Waals surface area contributed by atoms with E-state index in [4.69, 9.17) is 0 Å². The van der Waals surface area contributed by atoms with E-state index in [1.807, 2.05) is 73.7 Å². The van der Waals surface area contributed by atoms with Gasteiger partial charge in [0.1, 0.15) is 5.70 Å². The van der Waals surface area contributed by atoms with E-state index in [0.717, 1.165) is 21.2 Å². The smallest absolute Gasteiger partial charge is 0.272 e. The summed E-state index contributed by atoms with van der Waals surface area (Å²) in [6.07, 6.45) is 5.55. The molecule has 7 nitrogen and oxygen atoms in total. The third kappa shape index (κ3) is 7.75. The lowest BCUT2D eigenvalue weighted by Gasteiger charge is -2.16. The summed E-state index contributed by atoms with van der Waals surface area (Å²) in [4.78, 5) is 44.5. The molecule has 0 aliphatic rings. The first kappa shape index (κ1) is 29.3. The average Bonchev–Trinajstić information content (AvgIpc) is 3.04. The van der Waals surface area contributed by atoms with Gasteiger partial charge in [0.05, 0.1) is 5.25 Å². The average molecular weight is 587 g/mol. The number of nitrogens with zero attached hydrogens (tertiary/aromatic N) is 1. The van der Waals surface area contributed by atoms with Crippen molar-refractivity contribution >= 4 is 57.7 Å². The van der Waals surface area contributed by atoms with Gasteiger partial charge in [0.25, 0.3) is 11.8 Å². The lowest BCUT2D eigenvalue weighted by Crippen LogP contribution is -2.30. The number of anilines is 2. The zero-order valence-corrected chi connectivity index (χ0v) is 24.3. The van der Waals surface area contributed by atoms with Gasteiger partial charge in [0, 0.05) is 34.2 Å². The van der Waals surface area contributed by atoms with E-state index in [1.54, 1.807) is 60.9 Å². The van der Waals surface area contributed by atoms with Crippen molar-refractivity contribution in [2.45, 2.75) is 23.5 Å². The van der Waals surface area contributed by atoms with Gasteiger partial charge in [-0.05, 0) is 71.3 Å². The summed E-state index contributed by atoms with van der Waals surface area (Å²) in [5, 5.41) is 10.3. The highest BCUT2D eigenvalue weighted by Gasteiger charge is 2.19. The van der Waals surface area contributed by atoms with Crippen LogP contribution in [0, 0.1) is 0 Å². The van der Waals surface area contributed by atoms with Crippen LogP contribution in [0.2, 0.25) is 0 Å². The highest BCUT2D eigenvalue weighted by molar-refractivity contribution is 8.00. The summed E-state index contributed by atoms with van der Waals surface area (Å²) in [6.45, 7) is 1.95. The van der Waals surface area contributed by atoms with Crippen molar-refractivity contribution in [3.63, 3.8) is 0 Å². The van der Waals surface area contributed by atoms with Crippen molar-refractivity contribution in [1.82, 2.24) is 10.3 Å². The van der Waals surface area contributed by atoms with Gasteiger partial charge < -0.3 is 16.0 Å².